The molecule has 0 aromatic rings. The molecule has 0 aromatic heterocycles. The molecule has 17 heavy (non-hydrogen) atoms. The Kier molecular flexibility index (Phi) is 3.97. The summed E-state index contributed by atoms with van der Waals surface area (Å²) in [5.74, 6) is -0.859. The van der Waals surface area contributed by atoms with Gasteiger partial charge >= 0.3 is 5.97 Å². The van der Waals surface area contributed by atoms with Crippen LogP contribution in [0.2, 0.25) is 0 Å². The first-order valence-corrected chi connectivity index (χ1v) is 6.20. The van der Waals surface area contributed by atoms with Crippen LogP contribution in [0.3, 0.4) is 0 Å². The van der Waals surface area contributed by atoms with Gasteiger partial charge in [0.25, 0.3) is 0 Å². The van der Waals surface area contributed by atoms with Crippen molar-refractivity contribution in [3.05, 3.63) is 0 Å². The zero-order valence-electron chi connectivity index (χ0n) is 9.84. The highest BCUT2D eigenvalue weighted by molar-refractivity contribution is 5.72. The number of nitrogens with zero attached hydrogens (tertiary/aromatic N) is 2. The van der Waals surface area contributed by atoms with Crippen molar-refractivity contribution in [2.24, 2.45) is 0 Å². The molecule has 1 saturated carbocycles. The summed E-state index contributed by atoms with van der Waals surface area (Å²) in [6.45, 7) is 1.55. The average molecular weight is 238 g/mol. The van der Waals surface area contributed by atoms with Crippen molar-refractivity contribution in [1.29, 1.82) is 5.26 Å². The fourth-order valence-corrected chi connectivity index (χ4v) is 2.34. The van der Waals surface area contributed by atoms with E-state index in [4.69, 9.17) is 15.1 Å². The van der Waals surface area contributed by atoms with Gasteiger partial charge in [-0.15, -0.1) is 0 Å². The summed E-state index contributed by atoms with van der Waals surface area (Å²) < 4.78 is 5.49. The van der Waals surface area contributed by atoms with Crippen molar-refractivity contribution >= 4 is 5.97 Å². The number of carboxylic acid groups (broad SMARTS) is 1. The largest absolute Gasteiger partial charge is 0.479 e. The number of hydrogen-bond acceptors (Lipinski definition) is 4. The molecule has 0 amide bonds. The standard InChI is InChI=1S/C12H18N2O3/c13-6-1-7-14(9-2-3-9)8-10-4-5-11(17-10)12(15)16/h9-11H,1-5,7-8H2,(H,15,16). The monoisotopic (exact) mass is 238 g/mol. The number of nitriles is 1. The molecule has 1 aliphatic carbocycles. The number of rotatable bonds is 6. The minimum atomic E-state index is -0.859. The lowest BCUT2D eigenvalue weighted by Gasteiger charge is -2.24. The lowest BCUT2D eigenvalue weighted by atomic mass is 10.2. The summed E-state index contributed by atoms with van der Waals surface area (Å²) in [6.07, 6.45) is 3.74. The third kappa shape index (κ3) is 3.42. The average Bonchev–Trinajstić information content (AvgIpc) is 3.04. The topological polar surface area (TPSA) is 73.6 Å². The van der Waals surface area contributed by atoms with Gasteiger partial charge in [0.15, 0.2) is 6.10 Å². The van der Waals surface area contributed by atoms with Gasteiger partial charge in [0.05, 0.1) is 12.2 Å². The van der Waals surface area contributed by atoms with E-state index in [1.54, 1.807) is 0 Å². The van der Waals surface area contributed by atoms with Gasteiger partial charge in [-0.25, -0.2) is 4.79 Å². The van der Waals surface area contributed by atoms with E-state index in [1.807, 2.05) is 0 Å². The number of carbonyl (C=O) groups is 1. The molecule has 2 unspecified atom stereocenters. The Bertz CT molecular complexity index is 322. The van der Waals surface area contributed by atoms with Crippen LogP contribution >= 0.6 is 0 Å². The van der Waals surface area contributed by atoms with Crippen LogP contribution in [0.4, 0.5) is 0 Å². The molecule has 2 atom stereocenters. The molecule has 2 fully saturated rings. The summed E-state index contributed by atoms with van der Waals surface area (Å²) in [7, 11) is 0. The molecule has 0 bridgehead atoms. The van der Waals surface area contributed by atoms with E-state index in [2.05, 4.69) is 11.0 Å². The highest BCUT2D eigenvalue weighted by Crippen LogP contribution is 2.29. The minimum Gasteiger partial charge on any atom is -0.479 e. The molecule has 1 aliphatic heterocycles. The lowest BCUT2D eigenvalue weighted by Crippen LogP contribution is -2.35. The second-order valence-corrected chi connectivity index (χ2v) is 4.80. The van der Waals surface area contributed by atoms with E-state index in [0.717, 1.165) is 19.5 Å². The molecular formula is C12H18N2O3. The molecule has 2 rings (SSSR count). The highest BCUT2D eigenvalue weighted by atomic mass is 16.5. The molecule has 0 spiro atoms. The van der Waals surface area contributed by atoms with E-state index in [1.165, 1.54) is 12.8 Å². The van der Waals surface area contributed by atoms with Gasteiger partial charge in [0, 0.05) is 25.6 Å². The molecule has 1 saturated heterocycles. The van der Waals surface area contributed by atoms with Gasteiger partial charge < -0.3 is 9.84 Å². The van der Waals surface area contributed by atoms with Crippen LogP contribution in [0, 0.1) is 11.3 Å². The second kappa shape index (κ2) is 5.48. The maximum Gasteiger partial charge on any atom is 0.332 e. The van der Waals surface area contributed by atoms with Gasteiger partial charge in [-0.3, -0.25) is 4.90 Å². The van der Waals surface area contributed by atoms with Crippen molar-refractivity contribution in [3.63, 3.8) is 0 Å². The molecule has 0 aromatic carbocycles. The first kappa shape index (κ1) is 12.3. The van der Waals surface area contributed by atoms with Crippen molar-refractivity contribution in [1.82, 2.24) is 4.90 Å². The summed E-state index contributed by atoms with van der Waals surface area (Å²) in [6, 6.07) is 2.75. The SMILES string of the molecule is N#CCCN(CC1CCC(C(=O)O)O1)C1CC1. The number of ether oxygens (including phenoxy) is 1. The zero-order valence-corrected chi connectivity index (χ0v) is 9.84. The van der Waals surface area contributed by atoms with E-state index in [-0.39, 0.29) is 6.10 Å². The molecule has 1 heterocycles. The van der Waals surface area contributed by atoms with Crippen LogP contribution in [0.15, 0.2) is 0 Å². The maximum absolute atomic E-state index is 10.8. The molecule has 94 valence electrons. The molecule has 5 heteroatoms. The van der Waals surface area contributed by atoms with Crippen molar-refractivity contribution in [2.75, 3.05) is 13.1 Å². The minimum absolute atomic E-state index is 0.0235. The van der Waals surface area contributed by atoms with Crippen molar-refractivity contribution in [2.45, 2.75) is 50.4 Å². The highest BCUT2D eigenvalue weighted by Gasteiger charge is 2.35. The van der Waals surface area contributed by atoms with E-state index in [0.29, 0.717) is 18.9 Å². The third-order valence-electron chi connectivity index (χ3n) is 3.40. The van der Waals surface area contributed by atoms with Crippen LogP contribution in [0.5, 0.6) is 0 Å². The summed E-state index contributed by atoms with van der Waals surface area (Å²) >= 11 is 0. The predicted molar refractivity (Wildman–Crippen MR) is 60.4 cm³/mol. The summed E-state index contributed by atoms with van der Waals surface area (Å²) in [4.78, 5) is 13.0. The normalized spacial score (nSPS) is 28.2. The predicted octanol–water partition coefficient (Wildman–Crippen LogP) is 0.997. The van der Waals surface area contributed by atoms with Gasteiger partial charge in [-0.05, 0) is 25.7 Å². The van der Waals surface area contributed by atoms with Gasteiger partial charge in [0.2, 0.25) is 0 Å². The first-order chi connectivity index (χ1) is 8.20. The van der Waals surface area contributed by atoms with E-state index < -0.39 is 12.1 Å². The van der Waals surface area contributed by atoms with Crippen molar-refractivity contribution < 1.29 is 14.6 Å². The van der Waals surface area contributed by atoms with Gasteiger partial charge in [0.1, 0.15) is 0 Å². The van der Waals surface area contributed by atoms with Gasteiger partial charge in [-0.1, -0.05) is 0 Å². The van der Waals surface area contributed by atoms with Crippen molar-refractivity contribution in [3.8, 4) is 6.07 Å². The number of aliphatic carboxylic acids is 1. The van der Waals surface area contributed by atoms with Crippen LogP contribution < -0.4 is 0 Å². The van der Waals surface area contributed by atoms with Crippen LogP contribution in [-0.4, -0.2) is 47.3 Å². The summed E-state index contributed by atoms with van der Waals surface area (Å²) in [5, 5.41) is 17.5. The summed E-state index contributed by atoms with van der Waals surface area (Å²) in [5.41, 5.74) is 0. The van der Waals surface area contributed by atoms with E-state index in [9.17, 15) is 4.79 Å². The van der Waals surface area contributed by atoms with Gasteiger partial charge in [-0.2, -0.15) is 5.26 Å². The molecule has 5 nitrogen and oxygen atoms in total. The zero-order chi connectivity index (χ0) is 12.3. The Labute approximate surface area is 101 Å². The smallest absolute Gasteiger partial charge is 0.332 e. The van der Waals surface area contributed by atoms with Crippen LogP contribution in [0.1, 0.15) is 32.1 Å². The Morgan fingerprint density at radius 3 is 2.71 bits per heavy atom. The van der Waals surface area contributed by atoms with E-state index >= 15 is 0 Å². The fourth-order valence-electron chi connectivity index (χ4n) is 2.34. The molecular weight excluding hydrogens is 220 g/mol. The van der Waals surface area contributed by atoms with Crippen LogP contribution in [-0.2, 0) is 9.53 Å². The second-order valence-electron chi connectivity index (χ2n) is 4.80. The Balaban J connectivity index is 1.78. The maximum atomic E-state index is 10.8. The Morgan fingerprint density at radius 1 is 1.41 bits per heavy atom. The third-order valence-corrected chi connectivity index (χ3v) is 3.40. The lowest BCUT2D eigenvalue weighted by molar-refractivity contribution is -0.149. The van der Waals surface area contributed by atoms with Crippen LogP contribution in [0.25, 0.3) is 0 Å². The quantitative estimate of drug-likeness (QED) is 0.747. The molecule has 1 N–H and O–H groups in total. The Morgan fingerprint density at radius 2 is 2.18 bits per heavy atom. The number of carboxylic acids is 1. The fraction of sp³-hybridized carbons (Fsp3) is 0.833. The first-order valence-electron chi connectivity index (χ1n) is 6.20. The number of hydrogen-bond donors (Lipinski definition) is 1. The Hall–Kier alpha value is -1.12. The molecule has 2 aliphatic rings. The molecule has 0 radical (unpaired) electrons.